The predicted octanol–water partition coefficient (Wildman–Crippen LogP) is 3.19. The number of anilines is 3. The second kappa shape index (κ2) is 8.26. The molecule has 1 aromatic carbocycles. The summed E-state index contributed by atoms with van der Waals surface area (Å²) in [5, 5.41) is 3.35. The van der Waals surface area contributed by atoms with Crippen LogP contribution in [0, 0.1) is 13.8 Å². The van der Waals surface area contributed by atoms with Gasteiger partial charge in [0.15, 0.2) is 0 Å². The Balaban J connectivity index is 1.43. The van der Waals surface area contributed by atoms with Crippen LogP contribution in [0.25, 0.3) is 0 Å². The number of benzene rings is 1. The molecule has 1 amide bonds. The highest BCUT2D eigenvalue weighted by Gasteiger charge is 2.23. The van der Waals surface area contributed by atoms with Gasteiger partial charge in [-0.2, -0.15) is 0 Å². The summed E-state index contributed by atoms with van der Waals surface area (Å²) in [5.41, 5.74) is 2.84. The number of nitrogens with one attached hydrogen (secondary N) is 1. The summed E-state index contributed by atoms with van der Waals surface area (Å²) >= 11 is 0. The number of carbonyl (C=O) groups is 1. The summed E-state index contributed by atoms with van der Waals surface area (Å²) in [6.07, 6.45) is 3.29. The number of amides is 1. The van der Waals surface area contributed by atoms with Gasteiger partial charge in [-0.1, -0.05) is 17.7 Å². The molecule has 1 aliphatic heterocycles. The minimum Gasteiger partial charge on any atom is -0.353 e. The summed E-state index contributed by atoms with van der Waals surface area (Å²) in [6.45, 7) is 6.72. The standard InChI is InChI=1S/C22H24N6O/c1-16-5-7-19(8-6-16)26-20-14-21(25-17(2)24-20)27-10-12-28(13-11-27)22(29)18-4-3-9-23-15-18/h3-9,14-15H,10-13H2,1-2H3,(H,24,25,26). The normalized spacial score (nSPS) is 14.0. The smallest absolute Gasteiger partial charge is 0.255 e. The van der Waals surface area contributed by atoms with Gasteiger partial charge in [-0.25, -0.2) is 9.97 Å². The summed E-state index contributed by atoms with van der Waals surface area (Å²) < 4.78 is 0. The molecule has 0 unspecified atom stereocenters. The molecule has 4 rings (SSSR count). The van der Waals surface area contributed by atoms with Crippen LogP contribution in [0.2, 0.25) is 0 Å². The van der Waals surface area contributed by atoms with E-state index in [0.717, 1.165) is 30.4 Å². The molecule has 1 N–H and O–H groups in total. The quantitative estimate of drug-likeness (QED) is 0.740. The van der Waals surface area contributed by atoms with Crippen molar-refractivity contribution in [3.05, 3.63) is 71.8 Å². The molecule has 29 heavy (non-hydrogen) atoms. The highest BCUT2D eigenvalue weighted by atomic mass is 16.2. The van der Waals surface area contributed by atoms with Gasteiger partial charge in [0.25, 0.3) is 5.91 Å². The zero-order valence-corrected chi connectivity index (χ0v) is 16.7. The van der Waals surface area contributed by atoms with E-state index in [1.807, 2.05) is 30.0 Å². The van der Waals surface area contributed by atoms with Crippen LogP contribution >= 0.6 is 0 Å². The summed E-state index contributed by atoms with van der Waals surface area (Å²) in [6, 6.07) is 13.8. The second-order valence-electron chi connectivity index (χ2n) is 7.17. The zero-order chi connectivity index (χ0) is 20.2. The number of nitrogens with zero attached hydrogens (tertiary/aromatic N) is 5. The molecule has 3 heterocycles. The van der Waals surface area contributed by atoms with Crippen LogP contribution in [0.15, 0.2) is 54.9 Å². The Morgan fingerprint density at radius 3 is 2.45 bits per heavy atom. The first kappa shape index (κ1) is 18.9. The molecule has 148 valence electrons. The molecule has 0 saturated carbocycles. The van der Waals surface area contributed by atoms with Crippen molar-refractivity contribution in [1.29, 1.82) is 0 Å². The second-order valence-corrected chi connectivity index (χ2v) is 7.17. The maximum atomic E-state index is 12.6. The topological polar surface area (TPSA) is 74.2 Å². The first-order valence-electron chi connectivity index (χ1n) is 9.72. The van der Waals surface area contributed by atoms with Crippen LogP contribution in [0.4, 0.5) is 17.3 Å². The molecule has 0 spiro atoms. The maximum Gasteiger partial charge on any atom is 0.255 e. The van der Waals surface area contributed by atoms with Gasteiger partial charge in [-0.05, 0) is 38.1 Å². The Hall–Kier alpha value is -3.48. The van der Waals surface area contributed by atoms with Gasteiger partial charge in [0.2, 0.25) is 0 Å². The Bertz CT molecular complexity index is 982. The van der Waals surface area contributed by atoms with Gasteiger partial charge in [-0.3, -0.25) is 9.78 Å². The van der Waals surface area contributed by atoms with Crippen molar-refractivity contribution in [2.45, 2.75) is 13.8 Å². The van der Waals surface area contributed by atoms with Crippen molar-refractivity contribution in [3.8, 4) is 0 Å². The average Bonchev–Trinajstić information content (AvgIpc) is 2.75. The minimum absolute atomic E-state index is 0.0262. The Morgan fingerprint density at radius 2 is 1.76 bits per heavy atom. The molecule has 1 fully saturated rings. The Labute approximate surface area is 170 Å². The molecule has 0 aliphatic carbocycles. The SMILES string of the molecule is Cc1ccc(Nc2cc(N3CCN(C(=O)c4cccnc4)CC3)nc(C)n2)cc1. The number of aromatic nitrogens is 3. The average molecular weight is 388 g/mol. The number of carbonyl (C=O) groups excluding carboxylic acids is 1. The highest BCUT2D eigenvalue weighted by molar-refractivity contribution is 5.94. The van der Waals surface area contributed by atoms with Crippen molar-refractivity contribution in [2.75, 3.05) is 36.4 Å². The fraction of sp³-hybridized carbons (Fsp3) is 0.273. The van der Waals surface area contributed by atoms with Crippen molar-refractivity contribution >= 4 is 23.2 Å². The number of hydrogen-bond donors (Lipinski definition) is 1. The lowest BCUT2D eigenvalue weighted by atomic mass is 10.2. The van der Waals surface area contributed by atoms with Crippen molar-refractivity contribution in [3.63, 3.8) is 0 Å². The van der Waals surface area contributed by atoms with E-state index in [9.17, 15) is 4.79 Å². The molecule has 2 aromatic heterocycles. The third-order valence-electron chi connectivity index (χ3n) is 4.95. The van der Waals surface area contributed by atoms with Crippen molar-refractivity contribution < 1.29 is 4.79 Å². The van der Waals surface area contributed by atoms with E-state index in [1.54, 1.807) is 24.5 Å². The lowest BCUT2D eigenvalue weighted by molar-refractivity contribution is 0.0746. The van der Waals surface area contributed by atoms with Crippen LogP contribution in [0.1, 0.15) is 21.7 Å². The lowest BCUT2D eigenvalue weighted by Crippen LogP contribution is -2.49. The van der Waals surface area contributed by atoms with Gasteiger partial charge >= 0.3 is 0 Å². The third-order valence-corrected chi connectivity index (χ3v) is 4.95. The van der Waals surface area contributed by atoms with Gasteiger partial charge in [0.05, 0.1) is 5.56 Å². The van der Waals surface area contributed by atoms with E-state index < -0.39 is 0 Å². The van der Waals surface area contributed by atoms with E-state index in [-0.39, 0.29) is 5.91 Å². The molecule has 0 atom stereocenters. The number of hydrogen-bond acceptors (Lipinski definition) is 6. The number of aryl methyl sites for hydroxylation is 2. The largest absolute Gasteiger partial charge is 0.353 e. The number of piperazine rings is 1. The molecular weight excluding hydrogens is 364 g/mol. The first-order valence-corrected chi connectivity index (χ1v) is 9.72. The molecular formula is C22H24N6O. The van der Waals surface area contributed by atoms with Crippen molar-refractivity contribution in [2.24, 2.45) is 0 Å². The Kier molecular flexibility index (Phi) is 5.37. The molecule has 7 heteroatoms. The van der Waals surface area contributed by atoms with E-state index in [0.29, 0.717) is 24.5 Å². The minimum atomic E-state index is 0.0262. The first-order chi connectivity index (χ1) is 14.1. The number of rotatable bonds is 4. The zero-order valence-electron chi connectivity index (χ0n) is 16.7. The number of pyridine rings is 1. The van der Waals surface area contributed by atoms with E-state index in [2.05, 4.69) is 44.2 Å². The fourth-order valence-electron chi connectivity index (χ4n) is 3.37. The van der Waals surface area contributed by atoms with Crippen LogP contribution in [0.3, 0.4) is 0 Å². The summed E-state index contributed by atoms with van der Waals surface area (Å²) in [4.78, 5) is 29.8. The van der Waals surface area contributed by atoms with Crippen LogP contribution in [-0.2, 0) is 0 Å². The van der Waals surface area contributed by atoms with Gasteiger partial charge in [0.1, 0.15) is 17.5 Å². The van der Waals surface area contributed by atoms with Crippen LogP contribution in [0.5, 0.6) is 0 Å². The van der Waals surface area contributed by atoms with Crippen LogP contribution < -0.4 is 10.2 Å². The lowest BCUT2D eigenvalue weighted by Gasteiger charge is -2.35. The van der Waals surface area contributed by atoms with E-state index in [4.69, 9.17) is 0 Å². The molecule has 0 radical (unpaired) electrons. The highest BCUT2D eigenvalue weighted by Crippen LogP contribution is 2.21. The van der Waals surface area contributed by atoms with Gasteiger partial charge < -0.3 is 15.1 Å². The van der Waals surface area contributed by atoms with E-state index >= 15 is 0 Å². The summed E-state index contributed by atoms with van der Waals surface area (Å²) in [5.74, 6) is 2.38. The monoisotopic (exact) mass is 388 g/mol. The molecule has 0 bridgehead atoms. The predicted molar refractivity (Wildman–Crippen MR) is 114 cm³/mol. The molecule has 1 saturated heterocycles. The Morgan fingerprint density at radius 1 is 1.00 bits per heavy atom. The fourth-order valence-corrected chi connectivity index (χ4v) is 3.37. The van der Waals surface area contributed by atoms with E-state index in [1.165, 1.54) is 5.56 Å². The van der Waals surface area contributed by atoms with Gasteiger partial charge in [0, 0.05) is 50.3 Å². The van der Waals surface area contributed by atoms with Crippen molar-refractivity contribution in [1.82, 2.24) is 19.9 Å². The molecule has 7 nitrogen and oxygen atoms in total. The maximum absolute atomic E-state index is 12.6. The summed E-state index contributed by atoms with van der Waals surface area (Å²) in [7, 11) is 0. The third kappa shape index (κ3) is 4.51. The molecule has 3 aromatic rings. The van der Waals surface area contributed by atoms with Crippen LogP contribution in [-0.4, -0.2) is 51.9 Å². The van der Waals surface area contributed by atoms with Gasteiger partial charge in [-0.15, -0.1) is 0 Å². The molecule has 1 aliphatic rings.